The molecule has 0 fully saturated rings. The molecular weight excluding hydrogens is 877 g/mol. The lowest BCUT2D eigenvalue weighted by Gasteiger charge is -2.32. The molecule has 0 radical (unpaired) electrons. The normalized spacial score (nSPS) is 12.5. The fraction of sp³-hybridized carbons (Fsp3) is 0.0137. The molecule has 73 heavy (non-hydrogen) atoms. The lowest BCUT2D eigenvalue weighted by atomic mass is 9.69. The molecule has 0 unspecified atom stereocenters. The maximum atomic E-state index is 2.54. The van der Waals surface area contributed by atoms with Gasteiger partial charge in [-0.3, -0.25) is 0 Å². The van der Waals surface area contributed by atoms with E-state index in [4.69, 9.17) is 0 Å². The van der Waals surface area contributed by atoms with Crippen LogP contribution in [-0.2, 0) is 5.41 Å². The standard InChI is InChI=1S/C73H48/c1-5-21-49(22-6-1)57-29-13-17-33-61(57)53-37-41-65-66-42-38-54(62-34-18-14-30-58(62)50-23-7-2-8-24-50)46-70(66)73(69(65)45-53)71-47-55(63-35-19-15-31-59(63)51-25-9-3-10-26-51)39-43-67(71)68-44-40-56(48-72(68)73)64-36-20-16-32-60(64)52-27-11-4-12-28-52/h1-48H. The second-order valence-corrected chi connectivity index (χ2v) is 19.4. The molecule has 0 nitrogen and oxygen atoms in total. The van der Waals surface area contributed by atoms with Gasteiger partial charge in [0.15, 0.2) is 0 Å². The number of rotatable bonds is 8. The summed E-state index contributed by atoms with van der Waals surface area (Å²) in [5.41, 5.74) is 29.0. The van der Waals surface area contributed by atoms with E-state index >= 15 is 0 Å². The summed E-state index contributed by atoms with van der Waals surface area (Å²) < 4.78 is 0. The van der Waals surface area contributed by atoms with Crippen molar-refractivity contribution in [2.75, 3.05) is 0 Å². The van der Waals surface area contributed by atoms with Crippen molar-refractivity contribution in [3.05, 3.63) is 313 Å². The van der Waals surface area contributed by atoms with Gasteiger partial charge in [0.05, 0.1) is 5.41 Å². The van der Waals surface area contributed by atoms with Crippen molar-refractivity contribution in [2.45, 2.75) is 5.41 Å². The van der Waals surface area contributed by atoms with Gasteiger partial charge in [0.1, 0.15) is 0 Å². The largest absolute Gasteiger partial charge is 0.0726 e. The Morgan fingerprint density at radius 2 is 0.315 bits per heavy atom. The van der Waals surface area contributed by atoms with Crippen LogP contribution in [0.4, 0.5) is 0 Å². The molecule has 340 valence electrons. The van der Waals surface area contributed by atoms with E-state index in [0.717, 1.165) is 0 Å². The fourth-order valence-electron chi connectivity index (χ4n) is 12.3. The van der Waals surface area contributed by atoms with E-state index in [-0.39, 0.29) is 0 Å². The summed E-state index contributed by atoms with van der Waals surface area (Å²) in [7, 11) is 0. The van der Waals surface area contributed by atoms with Gasteiger partial charge in [-0.1, -0.05) is 267 Å². The molecule has 0 bridgehead atoms. The fourth-order valence-corrected chi connectivity index (χ4v) is 12.3. The van der Waals surface area contributed by atoms with Gasteiger partial charge in [0, 0.05) is 0 Å². The van der Waals surface area contributed by atoms with Crippen LogP contribution in [0.2, 0.25) is 0 Å². The third kappa shape index (κ3) is 6.91. The Labute approximate surface area is 427 Å². The first-order valence-electron chi connectivity index (χ1n) is 25.4. The van der Waals surface area contributed by atoms with Crippen LogP contribution >= 0.6 is 0 Å². The predicted molar refractivity (Wildman–Crippen MR) is 306 cm³/mol. The number of fused-ring (bicyclic) bond motifs is 10. The Hall–Kier alpha value is -9.36. The van der Waals surface area contributed by atoms with Crippen molar-refractivity contribution in [1.82, 2.24) is 0 Å². The Bertz CT molecular complexity index is 3520. The smallest absolute Gasteiger partial charge is 0.0622 e. The third-order valence-corrected chi connectivity index (χ3v) is 15.6. The minimum absolute atomic E-state index is 0.694. The van der Waals surface area contributed by atoms with Crippen molar-refractivity contribution >= 4 is 0 Å². The second-order valence-electron chi connectivity index (χ2n) is 19.4. The Morgan fingerprint density at radius 3 is 0.521 bits per heavy atom. The SMILES string of the molecule is c1ccc(-c2ccccc2-c2ccc3c(c2)C2(c4cc(-c5ccccc5-c5ccccc5)ccc4-3)c3cc(-c4ccccc4-c4ccccc4)ccc3-c3ccc(-c4ccccc4-c4ccccc4)cc32)cc1. The molecule has 0 saturated heterocycles. The minimum Gasteiger partial charge on any atom is -0.0622 e. The molecule has 0 saturated carbocycles. The molecule has 12 aromatic rings. The highest BCUT2D eigenvalue weighted by molar-refractivity contribution is 6.01. The maximum Gasteiger partial charge on any atom is 0.0726 e. The second kappa shape index (κ2) is 17.5. The molecule has 0 aliphatic heterocycles. The van der Waals surface area contributed by atoms with E-state index in [1.54, 1.807) is 0 Å². The van der Waals surface area contributed by atoms with E-state index in [0.29, 0.717) is 0 Å². The van der Waals surface area contributed by atoms with Crippen molar-refractivity contribution in [2.24, 2.45) is 0 Å². The molecule has 12 aromatic carbocycles. The first kappa shape index (κ1) is 42.5. The van der Waals surface area contributed by atoms with Crippen molar-refractivity contribution < 1.29 is 0 Å². The van der Waals surface area contributed by atoms with Gasteiger partial charge in [0.2, 0.25) is 0 Å². The highest BCUT2D eigenvalue weighted by Gasteiger charge is 2.52. The van der Waals surface area contributed by atoms with Crippen LogP contribution in [0.3, 0.4) is 0 Å². The van der Waals surface area contributed by atoms with Crippen LogP contribution in [-0.4, -0.2) is 0 Å². The molecule has 0 amide bonds. The van der Waals surface area contributed by atoms with E-state index in [1.807, 2.05) is 0 Å². The minimum atomic E-state index is -0.694. The monoisotopic (exact) mass is 924 g/mol. The van der Waals surface area contributed by atoms with Gasteiger partial charge in [-0.2, -0.15) is 0 Å². The number of benzene rings is 12. The average Bonchev–Trinajstić information content (AvgIpc) is 3.98. The summed E-state index contributed by atoms with van der Waals surface area (Å²) in [6, 6.07) is 108. The molecule has 0 N–H and O–H groups in total. The zero-order valence-corrected chi connectivity index (χ0v) is 40.2. The quantitative estimate of drug-likeness (QED) is 0.142. The molecular formula is C73H48. The summed E-state index contributed by atoms with van der Waals surface area (Å²) >= 11 is 0. The molecule has 2 aliphatic rings. The van der Waals surface area contributed by atoms with Gasteiger partial charge in [-0.15, -0.1) is 0 Å². The summed E-state index contributed by atoms with van der Waals surface area (Å²) in [5, 5.41) is 0. The zero-order valence-electron chi connectivity index (χ0n) is 40.2. The molecule has 2 aliphatic carbocycles. The topological polar surface area (TPSA) is 0 Å². The lowest BCUT2D eigenvalue weighted by molar-refractivity contribution is 0.795. The summed E-state index contributed by atoms with van der Waals surface area (Å²) in [4.78, 5) is 0. The van der Waals surface area contributed by atoms with Crippen LogP contribution in [0.1, 0.15) is 22.3 Å². The zero-order chi connectivity index (χ0) is 48.3. The number of hydrogen-bond acceptors (Lipinski definition) is 0. The maximum absolute atomic E-state index is 2.54. The summed E-state index contributed by atoms with van der Waals surface area (Å²) in [5.74, 6) is 0. The lowest BCUT2D eigenvalue weighted by Crippen LogP contribution is -2.26. The van der Waals surface area contributed by atoms with Gasteiger partial charge in [-0.05, 0) is 158 Å². The molecule has 0 aromatic heterocycles. The summed E-state index contributed by atoms with van der Waals surface area (Å²) in [6.07, 6.45) is 0. The predicted octanol–water partition coefficient (Wildman–Crippen LogP) is 19.4. The number of hydrogen-bond donors (Lipinski definition) is 0. The van der Waals surface area contributed by atoms with Gasteiger partial charge in [0.25, 0.3) is 0 Å². The van der Waals surface area contributed by atoms with Gasteiger partial charge >= 0.3 is 0 Å². The molecule has 14 rings (SSSR count). The molecule has 1 spiro atoms. The van der Waals surface area contributed by atoms with E-state index in [2.05, 4.69) is 291 Å². The molecule has 0 heteroatoms. The van der Waals surface area contributed by atoms with Crippen LogP contribution in [0, 0.1) is 0 Å². The van der Waals surface area contributed by atoms with Crippen molar-refractivity contribution in [3.8, 4) is 111 Å². The average molecular weight is 925 g/mol. The van der Waals surface area contributed by atoms with Crippen LogP contribution in [0.25, 0.3) is 111 Å². The van der Waals surface area contributed by atoms with Crippen LogP contribution < -0.4 is 0 Å². The van der Waals surface area contributed by atoms with Crippen LogP contribution in [0.15, 0.2) is 291 Å². The van der Waals surface area contributed by atoms with Crippen LogP contribution in [0.5, 0.6) is 0 Å². The van der Waals surface area contributed by atoms with Gasteiger partial charge in [-0.25, -0.2) is 0 Å². The van der Waals surface area contributed by atoms with Crippen molar-refractivity contribution in [3.63, 3.8) is 0 Å². The van der Waals surface area contributed by atoms with Crippen molar-refractivity contribution in [1.29, 1.82) is 0 Å². The van der Waals surface area contributed by atoms with Gasteiger partial charge < -0.3 is 0 Å². The third-order valence-electron chi connectivity index (χ3n) is 15.6. The first-order chi connectivity index (χ1) is 36.2. The highest BCUT2D eigenvalue weighted by Crippen LogP contribution is 2.65. The molecule has 0 heterocycles. The van der Waals surface area contributed by atoms with E-state index in [9.17, 15) is 0 Å². The molecule has 0 atom stereocenters. The van der Waals surface area contributed by atoms with E-state index < -0.39 is 5.41 Å². The Morgan fingerprint density at radius 1 is 0.137 bits per heavy atom. The summed E-state index contributed by atoms with van der Waals surface area (Å²) in [6.45, 7) is 0. The van der Waals surface area contributed by atoms with E-state index in [1.165, 1.54) is 134 Å². The Balaban J connectivity index is 1.09. The highest BCUT2D eigenvalue weighted by atomic mass is 14.5. The Kier molecular flexibility index (Phi) is 10.2. The first-order valence-corrected chi connectivity index (χ1v) is 25.4.